The zero-order chi connectivity index (χ0) is 10.3. The van der Waals surface area contributed by atoms with Crippen molar-refractivity contribution >= 4 is 29.6 Å². The van der Waals surface area contributed by atoms with Crippen molar-refractivity contribution in [3.8, 4) is 0 Å². The van der Waals surface area contributed by atoms with Crippen molar-refractivity contribution in [2.75, 3.05) is 5.73 Å². The molecule has 0 amide bonds. The van der Waals surface area contributed by atoms with Gasteiger partial charge < -0.3 is 23.1 Å². The fourth-order valence-electron chi connectivity index (χ4n) is 1.16. The van der Waals surface area contributed by atoms with E-state index in [1.807, 2.05) is 0 Å². The molecule has 2 N–H and O–H groups in total. The summed E-state index contributed by atoms with van der Waals surface area (Å²) in [7, 11) is 0. The average Bonchev–Trinajstić information content (AvgIpc) is 2.41. The van der Waals surface area contributed by atoms with Crippen molar-refractivity contribution in [3.05, 3.63) is 18.2 Å². The molecule has 1 aromatic heterocycles. The number of nitrogens with zero attached hydrogens (tertiary/aromatic N) is 1. The van der Waals surface area contributed by atoms with Crippen molar-refractivity contribution in [3.63, 3.8) is 0 Å². The molecule has 0 atom stereocenters. The van der Waals surface area contributed by atoms with Gasteiger partial charge in [-0.15, -0.1) is 5.46 Å². The van der Waals surface area contributed by atoms with Crippen molar-refractivity contribution in [1.29, 1.82) is 0 Å². The van der Waals surface area contributed by atoms with Gasteiger partial charge >= 0.3 is 6.98 Å². The minimum atomic E-state index is -5.01. The lowest BCUT2D eigenvalue weighted by Crippen LogP contribution is -2.33. The number of benzene rings is 1. The number of aromatic nitrogens is 1. The minimum absolute atomic E-state index is 0.0548. The SMILES string of the molecule is Nc1nc2ccc([B-](F)(F)F)cc2o1. The molecule has 74 valence electrons. The third-order valence-electron chi connectivity index (χ3n) is 1.81. The monoisotopic (exact) mass is 201 g/mol. The molecule has 2 rings (SSSR count). The van der Waals surface area contributed by atoms with Crippen LogP contribution >= 0.6 is 0 Å². The van der Waals surface area contributed by atoms with Crippen molar-refractivity contribution < 1.29 is 17.4 Å². The first-order valence-electron chi connectivity index (χ1n) is 3.83. The second-order valence-corrected chi connectivity index (χ2v) is 2.85. The van der Waals surface area contributed by atoms with Crippen LogP contribution in [-0.4, -0.2) is 12.0 Å². The van der Waals surface area contributed by atoms with Gasteiger partial charge in [0.25, 0.3) is 6.01 Å². The molecule has 0 unspecified atom stereocenters. The lowest BCUT2D eigenvalue weighted by molar-refractivity contribution is 0.501. The Balaban J connectivity index is 2.62. The number of hydrogen-bond donors (Lipinski definition) is 1. The molecule has 7 heteroatoms. The van der Waals surface area contributed by atoms with Gasteiger partial charge in [0.2, 0.25) is 0 Å². The summed E-state index contributed by atoms with van der Waals surface area (Å²) in [5, 5.41) is 0. The summed E-state index contributed by atoms with van der Waals surface area (Å²) in [5.74, 6) is 0. The summed E-state index contributed by atoms with van der Waals surface area (Å²) in [4.78, 5) is 3.69. The normalized spacial score (nSPS) is 12.2. The van der Waals surface area contributed by atoms with Gasteiger partial charge in [-0.1, -0.05) is 6.07 Å². The maximum atomic E-state index is 12.3. The Kier molecular flexibility index (Phi) is 1.70. The lowest BCUT2D eigenvalue weighted by atomic mass is 9.80. The molecule has 0 spiro atoms. The fraction of sp³-hybridized carbons (Fsp3) is 0. The van der Waals surface area contributed by atoms with Crippen LogP contribution in [0.4, 0.5) is 19.0 Å². The van der Waals surface area contributed by atoms with Crippen molar-refractivity contribution in [2.45, 2.75) is 0 Å². The summed E-state index contributed by atoms with van der Waals surface area (Å²) in [6.45, 7) is -5.01. The Morgan fingerprint density at radius 1 is 1.29 bits per heavy atom. The molecule has 1 heterocycles. The Morgan fingerprint density at radius 2 is 2.00 bits per heavy atom. The van der Waals surface area contributed by atoms with Crippen LogP contribution in [0.1, 0.15) is 0 Å². The summed E-state index contributed by atoms with van der Waals surface area (Å²) in [5.41, 5.74) is 4.86. The Bertz CT molecular complexity index is 479. The topological polar surface area (TPSA) is 52.0 Å². The Hall–Kier alpha value is -1.66. The van der Waals surface area contributed by atoms with Gasteiger partial charge in [0.1, 0.15) is 5.52 Å². The molecule has 0 aliphatic carbocycles. The van der Waals surface area contributed by atoms with Gasteiger partial charge in [-0.2, -0.15) is 4.98 Å². The highest BCUT2D eigenvalue weighted by atomic mass is 19.4. The van der Waals surface area contributed by atoms with Gasteiger partial charge in [0.05, 0.1) is 0 Å². The Labute approximate surface area is 76.8 Å². The summed E-state index contributed by atoms with van der Waals surface area (Å²) < 4.78 is 41.7. The molecule has 0 aliphatic heterocycles. The van der Waals surface area contributed by atoms with Crippen LogP contribution in [0.25, 0.3) is 11.1 Å². The summed E-state index contributed by atoms with van der Waals surface area (Å²) in [6.07, 6.45) is 0. The van der Waals surface area contributed by atoms with E-state index < -0.39 is 12.4 Å². The van der Waals surface area contributed by atoms with E-state index in [2.05, 4.69) is 4.98 Å². The van der Waals surface area contributed by atoms with Crippen LogP contribution in [0, 0.1) is 0 Å². The highest BCUT2D eigenvalue weighted by Crippen LogP contribution is 2.17. The smallest absolute Gasteiger partial charge is 0.445 e. The molecule has 0 saturated carbocycles. The van der Waals surface area contributed by atoms with Crippen molar-refractivity contribution in [2.24, 2.45) is 0 Å². The first-order chi connectivity index (χ1) is 6.47. The van der Waals surface area contributed by atoms with E-state index in [0.29, 0.717) is 5.52 Å². The summed E-state index contributed by atoms with van der Waals surface area (Å²) >= 11 is 0. The molecule has 0 aliphatic rings. The van der Waals surface area contributed by atoms with Gasteiger partial charge in [0, 0.05) is 0 Å². The third-order valence-corrected chi connectivity index (χ3v) is 1.81. The Morgan fingerprint density at radius 3 is 2.64 bits per heavy atom. The van der Waals surface area contributed by atoms with Gasteiger partial charge in [0.15, 0.2) is 5.58 Å². The predicted molar refractivity (Wildman–Crippen MR) is 47.1 cm³/mol. The quantitative estimate of drug-likeness (QED) is 0.710. The number of oxazole rings is 1. The van der Waals surface area contributed by atoms with Gasteiger partial charge in [-0.3, -0.25) is 0 Å². The third kappa shape index (κ3) is 1.41. The van der Waals surface area contributed by atoms with E-state index in [-0.39, 0.29) is 11.6 Å². The standard InChI is InChI=1S/C7H5BF3N2O/c9-8(10,11)4-1-2-5-6(3-4)14-7(12)13-5/h1-3H,(H2,12,13)/q-1. The molecule has 1 aromatic carbocycles. The van der Waals surface area contributed by atoms with Gasteiger partial charge in [-0.05, 0) is 12.1 Å². The number of fused-ring (bicyclic) bond motifs is 1. The molecular weight excluding hydrogens is 196 g/mol. The van der Waals surface area contributed by atoms with Crippen LogP contribution in [-0.2, 0) is 0 Å². The zero-order valence-corrected chi connectivity index (χ0v) is 6.88. The van der Waals surface area contributed by atoms with E-state index >= 15 is 0 Å². The van der Waals surface area contributed by atoms with Crippen molar-refractivity contribution in [1.82, 2.24) is 4.98 Å². The molecule has 2 aromatic rings. The van der Waals surface area contributed by atoms with Crippen LogP contribution < -0.4 is 11.2 Å². The number of anilines is 1. The number of nitrogen functional groups attached to an aromatic ring is 1. The van der Waals surface area contributed by atoms with Gasteiger partial charge in [-0.25, -0.2) is 0 Å². The zero-order valence-electron chi connectivity index (χ0n) is 6.88. The summed E-state index contributed by atoms with van der Waals surface area (Å²) in [6, 6.07) is 2.97. The molecule has 0 saturated heterocycles. The number of nitrogens with two attached hydrogens (primary N) is 1. The average molecular weight is 201 g/mol. The molecular formula is C7H5BF3N2O-. The first-order valence-corrected chi connectivity index (χ1v) is 3.83. The highest BCUT2D eigenvalue weighted by molar-refractivity contribution is 6.73. The molecule has 14 heavy (non-hydrogen) atoms. The van der Waals surface area contributed by atoms with Crippen LogP contribution in [0.2, 0.25) is 0 Å². The maximum absolute atomic E-state index is 12.3. The van der Waals surface area contributed by atoms with E-state index in [9.17, 15) is 12.9 Å². The molecule has 0 radical (unpaired) electrons. The molecule has 0 bridgehead atoms. The first kappa shape index (κ1) is 8.92. The lowest BCUT2D eigenvalue weighted by Gasteiger charge is -2.13. The van der Waals surface area contributed by atoms with E-state index in [4.69, 9.17) is 10.2 Å². The number of hydrogen-bond acceptors (Lipinski definition) is 3. The molecule has 3 nitrogen and oxygen atoms in total. The second kappa shape index (κ2) is 2.66. The van der Waals surface area contributed by atoms with E-state index in [1.165, 1.54) is 6.07 Å². The number of rotatable bonds is 1. The largest absolute Gasteiger partial charge is 0.509 e. The minimum Gasteiger partial charge on any atom is -0.445 e. The van der Waals surface area contributed by atoms with Crippen LogP contribution in [0.3, 0.4) is 0 Å². The number of halogens is 3. The van der Waals surface area contributed by atoms with Crippen LogP contribution in [0.15, 0.2) is 22.6 Å². The molecule has 0 fully saturated rings. The predicted octanol–water partition coefficient (Wildman–Crippen LogP) is 1.46. The van der Waals surface area contributed by atoms with Crippen LogP contribution in [0.5, 0.6) is 0 Å². The highest BCUT2D eigenvalue weighted by Gasteiger charge is 2.26. The van der Waals surface area contributed by atoms with E-state index in [1.54, 1.807) is 0 Å². The van der Waals surface area contributed by atoms with E-state index in [0.717, 1.165) is 12.1 Å². The second-order valence-electron chi connectivity index (χ2n) is 2.85. The fourth-order valence-corrected chi connectivity index (χ4v) is 1.16. The maximum Gasteiger partial charge on any atom is 0.509 e.